The first-order chi connectivity index (χ1) is 14.4. The molecule has 1 aromatic carbocycles. The lowest BCUT2D eigenvalue weighted by Gasteiger charge is -2.13. The van der Waals surface area contributed by atoms with E-state index in [0.717, 1.165) is 54.8 Å². The van der Waals surface area contributed by atoms with E-state index in [2.05, 4.69) is 9.71 Å². The molecule has 1 saturated heterocycles. The maximum atomic E-state index is 12.9. The van der Waals surface area contributed by atoms with Gasteiger partial charge in [0.1, 0.15) is 14.1 Å². The van der Waals surface area contributed by atoms with E-state index >= 15 is 0 Å². The first-order valence-electron chi connectivity index (χ1n) is 9.85. The molecule has 0 bridgehead atoms. The Morgan fingerprint density at radius 2 is 1.97 bits per heavy atom. The van der Waals surface area contributed by atoms with Crippen LogP contribution in [0.25, 0.3) is 10.6 Å². The first-order valence-corrected chi connectivity index (χ1v) is 13.0. The maximum Gasteiger partial charge on any atom is 0.271 e. The number of hydrogen-bond donors (Lipinski definition) is 1. The Hall–Kier alpha value is -2.23. The highest BCUT2D eigenvalue weighted by Gasteiger charge is 2.25. The molecule has 30 heavy (non-hydrogen) atoms. The van der Waals surface area contributed by atoms with Crippen molar-refractivity contribution in [1.82, 2.24) is 9.88 Å². The summed E-state index contributed by atoms with van der Waals surface area (Å²) >= 11 is 2.48. The van der Waals surface area contributed by atoms with Crippen LogP contribution in [0, 0.1) is 6.92 Å². The Morgan fingerprint density at radius 1 is 1.23 bits per heavy atom. The normalized spacial score (nSPS) is 14.3. The molecule has 1 amide bonds. The smallest absolute Gasteiger partial charge is 0.271 e. The minimum atomic E-state index is -3.70. The van der Waals surface area contributed by atoms with Gasteiger partial charge in [-0.25, -0.2) is 13.4 Å². The number of aryl methyl sites for hydroxylation is 2. The lowest BCUT2D eigenvalue weighted by molar-refractivity contribution is 0.0796. The largest absolute Gasteiger partial charge is 0.338 e. The molecule has 3 aromatic rings. The SMILES string of the molecule is CCc1ccccc1NS(=O)(=O)c1cc(-c2nc(C)c(C(=O)N3CCCC3)s2)cs1. The molecule has 0 saturated carbocycles. The van der Waals surface area contributed by atoms with Gasteiger partial charge in [0, 0.05) is 24.0 Å². The topological polar surface area (TPSA) is 79.4 Å². The van der Waals surface area contributed by atoms with Crippen molar-refractivity contribution < 1.29 is 13.2 Å². The summed E-state index contributed by atoms with van der Waals surface area (Å²) < 4.78 is 28.7. The average Bonchev–Trinajstić information content (AvgIpc) is 3.48. The van der Waals surface area contributed by atoms with E-state index in [1.165, 1.54) is 11.3 Å². The third-order valence-corrected chi connectivity index (χ3v) is 9.11. The standard InChI is InChI=1S/C21H23N3O3S3/c1-3-15-8-4-5-9-17(15)23-30(26,27)18-12-16(13-28-18)20-22-14(2)19(29-20)21(25)24-10-6-7-11-24/h4-5,8-9,12-13,23H,3,6-7,10-11H2,1-2H3. The van der Waals surface area contributed by atoms with Crippen LogP contribution in [0.5, 0.6) is 0 Å². The van der Waals surface area contributed by atoms with Crippen molar-refractivity contribution >= 4 is 44.3 Å². The number of benzene rings is 1. The molecule has 0 radical (unpaired) electrons. The molecule has 1 aliphatic rings. The summed E-state index contributed by atoms with van der Waals surface area (Å²) in [6.07, 6.45) is 2.81. The van der Waals surface area contributed by atoms with Gasteiger partial charge >= 0.3 is 0 Å². The minimum absolute atomic E-state index is 0.0228. The van der Waals surface area contributed by atoms with Crippen molar-refractivity contribution in [2.75, 3.05) is 17.8 Å². The summed E-state index contributed by atoms with van der Waals surface area (Å²) in [5.41, 5.74) is 2.95. The van der Waals surface area contributed by atoms with E-state index in [4.69, 9.17) is 0 Å². The summed E-state index contributed by atoms with van der Waals surface area (Å²) in [7, 11) is -3.70. The molecule has 158 valence electrons. The van der Waals surface area contributed by atoms with Crippen molar-refractivity contribution in [2.24, 2.45) is 0 Å². The van der Waals surface area contributed by atoms with Crippen LogP contribution in [0.15, 0.2) is 39.9 Å². The minimum Gasteiger partial charge on any atom is -0.338 e. The predicted molar refractivity (Wildman–Crippen MR) is 122 cm³/mol. The van der Waals surface area contributed by atoms with Gasteiger partial charge in [-0.1, -0.05) is 25.1 Å². The van der Waals surface area contributed by atoms with Gasteiger partial charge in [-0.2, -0.15) is 0 Å². The van der Waals surface area contributed by atoms with Crippen LogP contribution in [0.3, 0.4) is 0 Å². The van der Waals surface area contributed by atoms with Gasteiger partial charge in [0.25, 0.3) is 15.9 Å². The second kappa shape index (κ2) is 8.49. The summed E-state index contributed by atoms with van der Waals surface area (Å²) in [6, 6.07) is 9.02. The number of para-hydroxylation sites is 1. The van der Waals surface area contributed by atoms with Crippen LogP contribution >= 0.6 is 22.7 Å². The molecule has 1 fully saturated rings. The van der Waals surface area contributed by atoms with Crippen LogP contribution in [0.2, 0.25) is 0 Å². The Bertz CT molecular complexity index is 1180. The number of thiophene rings is 1. The quantitative estimate of drug-likeness (QED) is 0.573. The van der Waals surface area contributed by atoms with Crippen molar-refractivity contribution in [1.29, 1.82) is 0 Å². The van der Waals surface area contributed by atoms with E-state index < -0.39 is 10.0 Å². The van der Waals surface area contributed by atoms with Gasteiger partial charge in [0.2, 0.25) is 0 Å². The molecular formula is C21H23N3O3S3. The predicted octanol–water partition coefficient (Wildman–Crippen LogP) is 4.78. The second-order valence-electron chi connectivity index (χ2n) is 7.20. The number of rotatable bonds is 6. The number of nitrogens with zero attached hydrogens (tertiary/aromatic N) is 2. The number of nitrogens with one attached hydrogen (secondary N) is 1. The molecule has 1 N–H and O–H groups in total. The molecule has 2 aromatic heterocycles. The van der Waals surface area contributed by atoms with Crippen LogP contribution in [-0.4, -0.2) is 37.3 Å². The Labute approximate surface area is 184 Å². The van der Waals surface area contributed by atoms with E-state index in [-0.39, 0.29) is 10.1 Å². The lowest BCUT2D eigenvalue weighted by Crippen LogP contribution is -2.27. The molecular weight excluding hydrogens is 438 g/mol. The van der Waals surface area contributed by atoms with Crippen molar-refractivity contribution in [2.45, 2.75) is 37.3 Å². The number of thiazole rings is 1. The van der Waals surface area contributed by atoms with Crippen molar-refractivity contribution in [3.63, 3.8) is 0 Å². The fourth-order valence-corrected chi connectivity index (χ4v) is 6.84. The number of hydrogen-bond acceptors (Lipinski definition) is 6. The molecule has 9 heteroatoms. The van der Waals surface area contributed by atoms with Gasteiger partial charge < -0.3 is 4.90 Å². The van der Waals surface area contributed by atoms with Crippen molar-refractivity contribution in [3.8, 4) is 10.6 Å². The van der Waals surface area contributed by atoms with Crippen LogP contribution in [0.4, 0.5) is 5.69 Å². The summed E-state index contributed by atoms with van der Waals surface area (Å²) in [6.45, 7) is 5.40. The Morgan fingerprint density at radius 3 is 2.70 bits per heavy atom. The van der Waals surface area contributed by atoms with Gasteiger partial charge in [-0.15, -0.1) is 22.7 Å². The number of carbonyl (C=O) groups is 1. The van der Waals surface area contributed by atoms with E-state index in [1.807, 2.05) is 36.9 Å². The molecule has 4 rings (SSSR count). The van der Waals surface area contributed by atoms with Crippen molar-refractivity contribution in [3.05, 3.63) is 51.8 Å². The molecule has 0 atom stereocenters. The maximum absolute atomic E-state index is 12.9. The second-order valence-corrected chi connectivity index (χ2v) is 11.0. The average molecular weight is 462 g/mol. The van der Waals surface area contributed by atoms with Gasteiger partial charge in [0.05, 0.1) is 11.4 Å². The molecule has 0 aliphatic carbocycles. The molecule has 0 spiro atoms. The first kappa shape index (κ1) is 21.0. The number of aromatic nitrogens is 1. The number of amides is 1. The zero-order valence-corrected chi connectivity index (χ0v) is 19.3. The number of carbonyl (C=O) groups excluding carboxylic acids is 1. The highest BCUT2D eigenvalue weighted by Crippen LogP contribution is 2.34. The number of anilines is 1. The fraction of sp³-hybridized carbons (Fsp3) is 0.333. The zero-order valence-electron chi connectivity index (χ0n) is 16.8. The molecule has 0 unspecified atom stereocenters. The lowest BCUT2D eigenvalue weighted by atomic mass is 10.1. The van der Waals surface area contributed by atoms with Crippen LogP contribution < -0.4 is 4.72 Å². The Balaban J connectivity index is 1.58. The van der Waals surface area contributed by atoms with Crippen LogP contribution in [-0.2, 0) is 16.4 Å². The highest BCUT2D eigenvalue weighted by molar-refractivity contribution is 7.94. The summed E-state index contributed by atoms with van der Waals surface area (Å²) in [4.78, 5) is 19.8. The molecule has 1 aliphatic heterocycles. The van der Waals surface area contributed by atoms with Crippen LogP contribution in [0.1, 0.15) is 40.7 Å². The van der Waals surface area contributed by atoms with E-state index in [1.54, 1.807) is 17.5 Å². The van der Waals surface area contributed by atoms with Gasteiger partial charge in [0.15, 0.2) is 0 Å². The fourth-order valence-electron chi connectivity index (χ4n) is 3.48. The number of sulfonamides is 1. The molecule has 3 heterocycles. The summed E-state index contributed by atoms with van der Waals surface area (Å²) in [5, 5.41) is 2.45. The Kier molecular flexibility index (Phi) is 5.95. The van der Waals surface area contributed by atoms with Gasteiger partial charge in [-0.05, 0) is 43.9 Å². The third-order valence-electron chi connectivity index (χ3n) is 5.11. The molecule has 6 nitrogen and oxygen atoms in total. The third kappa shape index (κ3) is 4.14. The van der Waals surface area contributed by atoms with E-state index in [9.17, 15) is 13.2 Å². The zero-order chi connectivity index (χ0) is 21.3. The number of likely N-dealkylation sites (tertiary alicyclic amines) is 1. The van der Waals surface area contributed by atoms with Gasteiger partial charge in [-0.3, -0.25) is 9.52 Å². The highest BCUT2D eigenvalue weighted by atomic mass is 32.2. The summed E-state index contributed by atoms with van der Waals surface area (Å²) in [5.74, 6) is 0.0228. The van der Waals surface area contributed by atoms with E-state index in [0.29, 0.717) is 21.3 Å². The monoisotopic (exact) mass is 461 g/mol.